The Morgan fingerprint density at radius 1 is 1.15 bits per heavy atom. The van der Waals surface area contributed by atoms with E-state index in [1.165, 1.54) is 0 Å². The van der Waals surface area contributed by atoms with Crippen LogP contribution >= 0.6 is 11.6 Å². The number of benzene rings is 1. The van der Waals surface area contributed by atoms with Crippen molar-refractivity contribution in [3.63, 3.8) is 0 Å². The van der Waals surface area contributed by atoms with E-state index < -0.39 is 11.8 Å². The Labute approximate surface area is 157 Å². The van der Waals surface area contributed by atoms with Crippen LogP contribution in [0.2, 0.25) is 5.02 Å². The fraction of sp³-hybridized carbons (Fsp3) is 0.500. The molecule has 0 spiro atoms. The normalized spacial score (nSPS) is 18.9. The minimum absolute atomic E-state index is 0.126. The van der Waals surface area contributed by atoms with Crippen molar-refractivity contribution in [3.8, 4) is 0 Å². The lowest BCUT2D eigenvalue weighted by molar-refractivity contribution is -0.147. The molecule has 1 heterocycles. The lowest BCUT2D eigenvalue weighted by atomic mass is 10.2. The van der Waals surface area contributed by atoms with Gasteiger partial charge in [0.05, 0.1) is 6.04 Å². The van der Waals surface area contributed by atoms with Gasteiger partial charge in [-0.3, -0.25) is 19.3 Å². The van der Waals surface area contributed by atoms with Gasteiger partial charge in [0.15, 0.2) is 0 Å². The highest BCUT2D eigenvalue weighted by molar-refractivity contribution is 6.35. The van der Waals surface area contributed by atoms with Crippen LogP contribution in [0.3, 0.4) is 0 Å². The molecule has 2 N–H and O–H groups in total. The second-order valence-electron chi connectivity index (χ2n) is 6.75. The molecule has 2 aliphatic rings. The minimum Gasteiger partial charge on any atom is -0.345 e. The van der Waals surface area contributed by atoms with E-state index in [1.807, 2.05) is 11.8 Å². The quantitative estimate of drug-likeness (QED) is 0.768. The van der Waals surface area contributed by atoms with E-state index in [0.717, 1.165) is 12.8 Å². The van der Waals surface area contributed by atoms with Gasteiger partial charge < -0.3 is 15.5 Å². The van der Waals surface area contributed by atoms with Crippen LogP contribution in [0.15, 0.2) is 24.3 Å². The molecule has 1 aliphatic carbocycles. The van der Waals surface area contributed by atoms with Crippen LogP contribution < -0.4 is 10.6 Å². The highest BCUT2D eigenvalue weighted by Gasteiger charge is 2.32. The predicted octanol–water partition coefficient (Wildman–Crippen LogP) is 1.09. The molecule has 1 aromatic carbocycles. The third-order valence-electron chi connectivity index (χ3n) is 4.73. The van der Waals surface area contributed by atoms with Crippen molar-refractivity contribution in [1.29, 1.82) is 0 Å². The molecule has 1 saturated heterocycles. The second kappa shape index (κ2) is 8.05. The average molecular weight is 379 g/mol. The first-order valence-corrected chi connectivity index (χ1v) is 9.22. The molecule has 7 nitrogen and oxygen atoms in total. The van der Waals surface area contributed by atoms with Gasteiger partial charge in [-0.05, 0) is 38.0 Å². The third kappa shape index (κ3) is 4.74. The highest BCUT2D eigenvalue weighted by Crippen LogP contribution is 2.19. The van der Waals surface area contributed by atoms with Crippen LogP contribution in [-0.2, 0) is 14.4 Å². The fourth-order valence-corrected chi connectivity index (χ4v) is 3.10. The number of hydrogen-bond donors (Lipinski definition) is 2. The smallest absolute Gasteiger partial charge is 0.311 e. The first-order chi connectivity index (χ1) is 12.4. The molecule has 1 unspecified atom stereocenters. The predicted molar refractivity (Wildman–Crippen MR) is 98.9 cm³/mol. The van der Waals surface area contributed by atoms with Gasteiger partial charge in [0.25, 0.3) is 0 Å². The Bertz CT molecular complexity index is 699. The maximum atomic E-state index is 12.4. The monoisotopic (exact) mass is 378 g/mol. The van der Waals surface area contributed by atoms with Gasteiger partial charge in [0, 0.05) is 42.9 Å². The van der Waals surface area contributed by atoms with Crippen LogP contribution in [0.5, 0.6) is 0 Å². The number of carbonyl (C=O) groups is 3. The lowest BCUT2D eigenvalue weighted by Gasteiger charge is -2.37. The Morgan fingerprint density at radius 3 is 2.46 bits per heavy atom. The number of hydrogen-bond acceptors (Lipinski definition) is 4. The molecule has 3 rings (SSSR count). The number of halogens is 1. The van der Waals surface area contributed by atoms with Gasteiger partial charge in [-0.15, -0.1) is 0 Å². The number of anilines is 1. The zero-order valence-corrected chi connectivity index (χ0v) is 15.5. The van der Waals surface area contributed by atoms with E-state index in [9.17, 15) is 14.4 Å². The second-order valence-corrected chi connectivity index (χ2v) is 7.19. The minimum atomic E-state index is -0.521. The molecule has 1 atom stereocenters. The van der Waals surface area contributed by atoms with Crippen LogP contribution in [0.25, 0.3) is 0 Å². The summed E-state index contributed by atoms with van der Waals surface area (Å²) in [4.78, 5) is 40.0. The van der Waals surface area contributed by atoms with E-state index in [0.29, 0.717) is 36.9 Å². The largest absolute Gasteiger partial charge is 0.345 e. The van der Waals surface area contributed by atoms with Crippen molar-refractivity contribution in [2.24, 2.45) is 0 Å². The van der Waals surface area contributed by atoms with Crippen LogP contribution in [-0.4, -0.2) is 65.8 Å². The Balaban J connectivity index is 1.48. The number of amides is 3. The number of carbonyl (C=O) groups excluding carboxylic acids is 3. The summed E-state index contributed by atoms with van der Waals surface area (Å²) in [6, 6.07) is 6.83. The molecule has 1 aliphatic heterocycles. The van der Waals surface area contributed by atoms with Gasteiger partial charge in [-0.1, -0.05) is 17.7 Å². The average Bonchev–Trinajstić information content (AvgIpc) is 3.44. The summed E-state index contributed by atoms with van der Waals surface area (Å²) >= 11 is 5.93. The van der Waals surface area contributed by atoms with E-state index in [4.69, 9.17) is 11.6 Å². The summed E-state index contributed by atoms with van der Waals surface area (Å²) in [6.07, 6.45) is 1.90. The molecule has 26 heavy (non-hydrogen) atoms. The Kier molecular flexibility index (Phi) is 5.78. The maximum Gasteiger partial charge on any atom is 0.311 e. The van der Waals surface area contributed by atoms with Crippen LogP contribution in [0.1, 0.15) is 19.8 Å². The number of nitrogens with zero attached hydrogens (tertiary/aromatic N) is 2. The molecule has 140 valence electrons. The van der Waals surface area contributed by atoms with Gasteiger partial charge in [0.1, 0.15) is 0 Å². The molecule has 3 amide bonds. The summed E-state index contributed by atoms with van der Waals surface area (Å²) in [5.74, 6) is -1.13. The zero-order chi connectivity index (χ0) is 18.7. The zero-order valence-electron chi connectivity index (χ0n) is 14.7. The Morgan fingerprint density at radius 2 is 1.85 bits per heavy atom. The molecule has 0 aromatic heterocycles. The molecule has 2 fully saturated rings. The van der Waals surface area contributed by atoms with E-state index in [1.54, 1.807) is 29.2 Å². The van der Waals surface area contributed by atoms with Crippen molar-refractivity contribution < 1.29 is 14.4 Å². The summed E-state index contributed by atoms with van der Waals surface area (Å²) in [5, 5.41) is 6.13. The molecule has 1 aromatic rings. The topological polar surface area (TPSA) is 81.8 Å². The SMILES string of the molecule is CC(C(=O)Nc1cccc(Cl)c1)N1CCN(C(=O)C(=O)NC2CC2)CC1. The van der Waals surface area contributed by atoms with Crippen LogP contribution in [0.4, 0.5) is 5.69 Å². The van der Waals surface area contributed by atoms with Crippen molar-refractivity contribution in [2.75, 3.05) is 31.5 Å². The van der Waals surface area contributed by atoms with Gasteiger partial charge >= 0.3 is 11.8 Å². The molecule has 1 saturated carbocycles. The van der Waals surface area contributed by atoms with Gasteiger partial charge in [0.2, 0.25) is 5.91 Å². The van der Waals surface area contributed by atoms with E-state index in [2.05, 4.69) is 10.6 Å². The van der Waals surface area contributed by atoms with Crippen LogP contribution in [0, 0.1) is 0 Å². The first-order valence-electron chi connectivity index (χ1n) is 8.84. The summed E-state index contributed by atoms with van der Waals surface area (Å²) < 4.78 is 0. The Hall–Kier alpha value is -2.12. The first kappa shape index (κ1) is 18.7. The fourth-order valence-electron chi connectivity index (χ4n) is 2.91. The van der Waals surface area contributed by atoms with Gasteiger partial charge in [-0.25, -0.2) is 0 Å². The number of nitrogens with one attached hydrogen (secondary N) is 2. The third-order valence-corrected chi connectivity index (χ3v) is 4.96. The molecular formula is C18H23ClN4O3. The highest BCUT2D eigenvalue weighted by atomic mass is 35.5. The van der Waals surface area contributed by atoms with Crippen molar-refractivity contribution >= 4 is 35.0 Å². The van der Waals surface area contributed by atoms with Crippen molar-refractivity contribution in [1.82, 2.24) is 15.1 Å². The van der Waals surface area contributed by atoms with E-state index >= 15 is 0 Å². The summed E-state index contributed by atoms with van der Waals surface area (Å²) in [5.41, 5.74) is 0.653. The molecular weight excluding hydrogens is 356 g/mol. The van der Waals surface area contributed by atoms with Crippen molar-refractivity contribution in [3.05, 3.63) is 29.3 Å². The lowest BCUT2D eigenvalue weighted by Crippen LogP contribution is -2.56. The summed E-state index contributed by atoms with van der Waals surface area (Å²) in [6.45, 7) is 3.80. The van der Waals surface area contributed by atoms with Crippen molar-refractivity contribution in [2.45, 2.75) is 31.8 Å². The summed E-state index contributed by atoms with van der Waals surface area (Å²) in [7, 11) is 0. The number of piperazine rings is 1. The van der Waals surface area contributed by atoms with E-state index in [-0.39, 0.29) is 18.0 Å². The molecule has 8 heteroatoms. The number of rotatable bonds is 4. The molecule has 0 bridgehead atoms. The van der Waals surface area contributed by atoms with Gasteiger partial charge in [-0.2, -0.15) is 0 Å². The molecule has 0 radical (unpaired) electrons. The maximum absolute atomic E-state index is 12.4. The standard InChI is InChI=1S/C18H23ClN4O3/c1-12(16(24)21-15-4-2-3-13(19)11-15)22-7-9-23(10-8-22)18(26)17(25)20-14-5-6-14/h2-4,11-12,14H,5-10H2,1H3,(H,20,25)(H,21,24).